The van der Waals surface area contributed by atoms with Gasteiger partial charge in [-0.05, 0) is 19.4 Å². The summed E-state index contributed by atoms with van der Waals surface area (Å²) in [6.07, 6.45) is 1.11. The number of carbonyl (C=O) groups excluding carboxylic acids is 1. The van der Waals surface area contributed by atoms with Crippen LogP contribution in [0, 0.1) is 13.8 Å². The van der Waals surface area contributed by atoms with Gasteiger partial charge in [-0.3, -0.25) is 4.79 Å². The third-order valence-electron chi connectivity index (χ3n) is 3.62. The number of nitrogen functional groups attached to an aromatic ring is 1. The number of rotatable bonds is 5. The zero-order chi connectivity index (χ0) is 17.4. The van der Waals surface area contributed by atoms with Crippen LogP contribution >= 0.6 is 11.3 Å². The fourth-order valence-corrected chi connectivity index (χ4v) is 3.42. The van der Waals surface area contributed by atoms with Gasteiger partial charge in [0.1, 0.15) is 9.71 Å². The molecule has 0 radical (unpaired) electrons. The van der Waals surface area contributed by atoms with Crippen LogP contribution in [-0.2, 0) is 10.0 Å². The van der Waals surface area contributed by atoms with Crippen LogP contribution in [0.1, 0.15) is 20.9 Å². The molecule has 0 bridgehead atoms. The molecule has 126 valence electrons. The smallest absolute Gasteiger partial charge is 0.263 e. The molecule has 1 amide bonds. The Labute approximate surface area is 138 Å². The van der Waals surface area contributed by atoms with E-state index in [1.54, 1.807) is 0 Å². The van der Waals surface area contributed by atoms with Crippen molar-refractivity contribution in [3.8, 4) is 0 Å². The van der Waals surface area contributed by atoms with Gasteiger partial charge in [0, 0.05) is 25.5 Å². The van der Waals surface area contributed by atoms with E-state index in [0.717, 1.165) is 22.9 Å². The summed E-state index contributed by atoms with van der Waals surface area (Å²) in [6.45, 7) is 4.10. The molecule has 0 aliphatic rings. The highest BCUT2D eigenvalue weighted by atomic mass is 32.2. The number of hydrogen-bond acceptors (Lipinski definition) is 7. The average Bonchev–Trinajstić information content (AvgIpc) is 2.79. The topological polar surface area (TPSA) is 118 Å². The van der Waals surface area contributed by atoms with Crippen LogP contribution in [-0.4, -0.2) is 55.2 Å². The summed E-state index contributed by atoms with van der Waals surface area (Å²) in [7, 11) is -1.81. The fourth-order valence-electron chi connectivity index (χ4n) is 1.98. The lowest BCUT2D eigenvalue weighted by Crippen LogP contribution is -2.35. The van der Waals surface area contributed by atoms with Gasteiger partial charge in [0.2, 0.25) is 10.0 Å². The Hall–Kier alpha value is -1.78. The van der Waals surface area contributed by atoms with E-state index in [1.165, 1.54) is 22.7 Å². The Kier molecular flexibility index (Phi) is 4.87. The van der Waals surface area contributed by atoms with Crippen molar-refractivity contribution in [3.05, 3.63) is 16.1 Å². The molecule has 0 saturated carbocycles. The quantitative estimate of drug-likeness (QED) is 0.805. The second kappa shape index (κ2) is 6.38. The third kappa shape index (κ3) is 3.59. The number of anilines is 1. The zero-order valence-corrected chi connectivity index (χ0v) is 15.0. The molecule has 2 rings (SSSR count). The number of nitrogens with zero attached hydrogens (tertiary/aromatic N) is 3. The number of sulfonamides is 1. The molecule has 0 aromatic carbocycles. The molecule has 0 aliphatic carbocycles. The number of hydrogen-bond donors (Lipinski definition) is 2. The summed E-state index contributed by atoms with van der Waals surface area (Å²) in [4.78, 5) is 13.2. The van der Waals surface area contributed by atoms with Crippen molar-refractivity contribution in [2.45, 2.75) is 13.8 Å². The second-order valence-electron chi connectivity index (χ2n) is 5.28. The first-order chi connectivity index (χ1) is 10.6. The van der Waals surface area contributed by atoms with Crippen LogP contribution < -0.4 is 11.1 Å². The summed E-state index contributed by atoms with van der Waals surface area (Å²) in [6, 6.07) is 0. The molecule has 2 aromatic heterocycles. The number of aromatic nitrogens is 2. The van der Waals surface area contributed by atoms with Crippen molar-refractivity contribution in [2.75, 3.05) is 32.1 Å². The minimum Gasteiger partial charge on any atom is -0.397 e. The fraction of sp³-hybridized carbons (Fsp3) is 0.462. The first-order valence-electron chi connectivity index (χ1n) is 6.84. The van der Waals surface area contributed by atoms with Crippen LogP contribution in [0.2, 0.25) is 0 Å². The molecule has 8 nitrogen and oxygen atoms in total. The molecule has 0 unspecified atom stereocenters. The first-order valence-corrected chi connectivity index (χ1v) is 9.50. The molecule has 0 aliphatic heterocycles. The highest BCUT2D eigenvalue weighted by Gasteiger charge is 2.20. The largest absolute Gasteiger partial charge is 0.397 e. The predicted octanol–water partition coefficient (Wildman–Crippen LogP) is 0.512. The maximum Gasteiger partial charge on any atom is 0.263 e. The molecular weight excluding hydrogens is 338 g/mol. The summed E-state index contributed by atoms with van der Waals surface area (Å²) < 4.78 is 23.8. The number of amides is 1. The molecule has 2 aromatic rings. The molecule has 2 heterocycles. The van der Waals surface area contributed by atoms with Gasteiger partial charge in [-0.25, -0.2) is 12.7 Å². The summed E-state index contributed by atoms with van der Waals surface area (Å²) >= 11 is 1.18. The lowest BCUT2D eigenvalue weighted by Gasteiger charge is -2.14. The van der Waals surface area contributed by atoms with Crippen LogP contribution in [0.25, 0.3) is 10.2 Å². The zero-order valence-electron chi connectivity index (χ0n) is 13.4. The van der Waals surface area contributed by atoms with Gasteiger partial charge in [0.25, 0.3) is 5.91 Å². The summed E-state index contributed by atoms with van der Waals surface area (Å²) in [5, 5.41) is 11.5. The Morgan fingerprint density at radius 1 is 1.35 bits per heavy atom. The number of nitrogens with one attached hydrogen (secondary N) is 1. The van der Waals surface area contributed by atoms with Crippen molar-refractivity contribution in [3.63, 3.8) is 0 Å². The number of likely N-dealkylation sites (N-methyl/N-ethyl adjacent to an activating group) is 1. The second-order valence-corrected chi connectivity index (χ2v) is 8.36. The van der Waals surface area contributed by atoms with E-state index in [9.17, 15) is 13.2 Å². The van der Waals surface area contributed by atoms with E-state index >= 15 is 0 Å². The molecule has 3 N–H and O–H groups in total. The first kappa shape index (κ1) is 17.6. The highest BCUT2D eigenvalue weighted by molar-refractivity contribution is 7.88. The number of nitrogens with two attached hydrogens (primary N) is 1. The molecular formula is C13H19N5O3S2. The normalized spacial score (nSPS) is 12.0. The Bertz CT molecular complexity index is 860. The van der Waals surface area contributed by atoms with Crippen LogP contribution in [0.5, 0.6) is 0 Å². The Balaban J connectivity index is 2.16. The van der Waals surface area contributed by atoms with E-state index in [4.69, 9.17) is 5.73 Å². The van der Waals surface area contributed by atoms with Gasteiger partial charge < -0.3 is 11.1 Å². The van der Waals surface area contributed by atoms with Crippen molar-refractivity contribution < 1.29 is 13.2 Å². The van der Waals surface area contributed by atoms with Crippen molar-refractivity contribution in [1.82, 2.24) is 19.8 Å². The standard InChI is InChI=1S/C13H19N5O3S2/c1-7-8(2)16-17-13-9(7)10(14)11(22-13)12(19)15-5-6-18(3)23(4,20)21/h5-6,14H2,1-4H3,(H,15,19). The number of aryl methyl sites for hydroxylation is 2. The molecule has 0 saturated heterocycles. The SMILES string of the molecule is Cc1nnc2sc(C(=O)NCCN(C)S(C)(=O)=O)c(N)c2c1C. The lowest BCUT2D eigenvalue weighted by atomic mass is 10.1. The van der Waals surface area contributed by atoms with E-state index in [2.05, 4.69) is 15.5 Å². The van der Waals surface area contributed by atoms with Crippen molar-refractivity contribution >= 4 is 43.2 Å². The molecule has 0 fully saturated rings. The Morgan fingerprint density at radius 3 is 2.61 bits per heavy atom. The van der Waals surface area contributed by atoms with Crippen LogP contribution in [0.3, 0.4) is 0 Å². The minimum atomic E-state index is -3.26. The van der Waals surface area contributed by atoms with E-state index in [-0.39, 0.29) is 19.0 Å². The van der Waals surface area contributed by atoms with Crippen molar-refractivity contribution in [1.29, 1.82) is 0 Å². The molecule has 0 atom stereocenters. The van der Waals surface area contributed by atoms with Gasteiger partial charge in [0.15, 0.2) is 0 Å². The van der Waals surface area contributed by atoms with Gasteiger partial charge >= 0.3 is 0 Å². The Morgan fingerprint density at radius 2 is 2.00 bits per heavy atom. The number of fused-ring (bicyclic) bond motifs is 1. The van der Waals surface area contributed by atoms with Crippen LogP contribution in [0.15, 0.2) is 0 Å². The molecule has 0 spiro atoms. The van der Waals surface area contributed by atoms with Gasteiger partial charge in [0.05, 0.1) is 17.6 Å². The van der Waals surface area contributed by atoms with Gasteiger partial charge in [-0.15, -0.1) is 16.4 Å². The maximum absolute atomic E-state index is 12.3. The van der Waals surface area contributed by atoms with E-state index in [0.29, 0.717) is 15.4 Å². The summed E-state index contributed by atoms with van der Waals surface area (Å²) in [5.74, 6) is -0.343. The summed E-state index contributed by atoms with van der Waals surface area (Å²) in [5.41, 5.74) is 8.14. The van der Waals surface area contributed by atoms with Gasteiger partial charge in [-0.1, -0.05) is 0 Å². The predicted molar refractivity (Wildman–Crippen MR) is 91.1 cm³/mol. The number of carbonyl (C=O) groups is 1. The highest BCUT2D eigenvalue weighted by Crippen LogP contribution is 2.34. The third-order valence-corrected chi connectivity index (χ3v) is 6.02. The van der Waals surface area contributed by atoms with E-state index in [1.807, 2.05) is 13.8 Å². The van der Waals surface area contributed by atoms with Gasteiger partial charge in [-0.2, -0.15) is 5.10 Å². The minimum absolute atomic E-state index is 0.188. The van der Waals surface area contributed by atoms with E-state index < -0.39 is 10.0 Å². The lowest BCUT2D eigenvalue weighted by molar-refractivity contribution is 0.0957. The monoisotopic (exact) mass is 357 g/mol. The van der Waals surface area contributed by atoms with Crippen molar-refractivity contribution in [2.24, 2.45) is 0 Å². The maximum atomic E-state index is 12.3. The molecule has 23 heavy (non-hydrogen) atoms. The number of thiophene rings is 1. The van der Waals surface area contributed by atoms with Crippen LogP contribution in [0.4, 0.5) is 5.69 Å². The molecule has 10 heteroatoms. The average molecular weight is 357 g/mol.